The molecule has 0 radical (unpaired) electrons. The highest BCUT2D eigenvalue weighted by molar-refractivity contribution is 5.95. The van der Waals surface area contributed by atoms with Crippen LogP contribution in [0.2, 0.25) is 0 Å². The summed E-state index contributed by atoms with van der Waals surface area (Å²) < 4.78 is 6.75. The standard InChI is InChI=1S/C23H23N7O3/c1-2-33-23(32)15-10-12-29(13-11-15)22(31)16-6-5-7-17(14-16)24-20-21-26-27-28-30(21)19-9-4-3-8-18(19)25-20/h3-9,14-15H,2,10-13H2,1H3,(H,24,25). The average molecular weight is 445 g/mol. The van der Waals surface area contributed by atoms with Gasteiger partial charge >= 0.3 is 5.97 Å². The Hall–Kier alpha value is -4.08. The van der Waals surface area contributed by atoms with E-state index in [1.54, 1.807) is 28.5 Å². The summed E-state index contributed by atoms with van der Waals surface area (Å²) in [5, 5.41) is 15.2. The third-order valence-electron chi connectivity index (χ3n) is 5.80. The van der Waals surface area contributed by atoms with Gasteiger partial charge < -0.3 is 15.0 Å². The number of anilines is 2. The van der Waals surface area contributed by atoms with Crippen molar-refractivity contribution in [3.05, 3.63) is 54.1 Å². The lowest BCUT2D eigenvalue weighted by Crippen LogP contribution is -2.40. The van der Waals surface area contributed by atoms with Gasteiger partial charge in [0.05, 0.1) is 23.6 Å². The number of esters is 1. The monoisotopic (exact) mass is 445 g/mol. The molecule has 1 amide bonds. The molecule has 1 N–H and O–H groups in total. The number of rotatable bonds is 5. The van der Waals surface area contributed by atoms with E-state index in [1.807, 2.05) is 36.4 Å². The zero-order valence-corrected chi connectivity index (χ0v) is 18.1. The highest BCUT2D eigenvalue weighted by atomic mass is 16.5. The summed E-state index contributed by atoms with van der Waals surface area (Å²) in [4.78, 5) is 31.5. The summed E-state index contributed by atoms with van der Waals surface area (Å²) in [6.07, 6.45) is 1.22. The van der Waals surface area contributed by atoms with Gasteiger partial charge in [0, 0.05) is 24.3 Å². The SMILES string of the molecule is CCOC(=O)C1CCN(C(=O)c2cccc(Nc3nc4ccccc4n4nnnc34)c2)CC1. The van der Waals surface area contributed by atoms with Crippen molar-refractivity contribution in [2.24, 2.45) is 5.92 Å². The maximum absolute atomic E-state index is 13.1. The van der Waals surface area contributed by atoms with Crippen molar-refractivity contribution in [1.82, 2.24) is 29.9 Å². The van der Waals surface area contributed by atoms with Crippen LogP contribution in [0.25, 0.3) is 16.7 Å². The Morgan fingerprint density at radius 3 is 2.76 bits per heavy atom. The number of hydrogen-bond acceptors (Lipinski definition) is 8. The molecule has 0 atom stereocenters. The van der Waals surface area contributed by atoms with E-state index in [4.69, 9.17) is 4.74 Å². The van der Waals surface area contributed by atoms with E-state index >= 15 is 0 Å². The van der Waals surface area contributed by atoms with Crippen LogP contribution >= 0.6 is 0 Å². The molecule has 0 spiro atoms. The van der Waals surface area contributed by atoms with Crippen molar-refractivity contribution < 1.29 is 14.3 Å². The Morgan fingerprint density at radius 2 is 1.94 bits per heavy atom. The second-order valence-electron chi connectivity index (χ2n) is 7.89. The molecule has 3 heterocycles. The smallest absolute Gasteiger partial charge is 0.309 e. The third-order valence-corrected chi connectivity index (χ3v) is 5.80. The average Bonchev–Trinajstić information content (AvgIpc) is 3.35. The molecule has 5 rings (SSSR count). The number of fused-ring (bicyclic) bond motifs is 3. The second kappa shape index (κ2) is 8.81. The van der Waals surface area contributed by atoms with E-state index in [9.17, 15) is 9.59 Å². The molecule has 0 bridgehead atoms. The number of nitrogens with zero attached hydrogens (tertiary/aromatic N) is 6. The lowest BCUT2D eigenvalue weighted by atomic mass is 9.96. The number of carbonyl (C=O) groups excluding carboxylic acids is 2. The third kappa shape index (κ3) is 4.07. The largest absolute Gasteiger partial charge is 0.466 e. The number of carbonyl (C=O) groups is 2. The van der Waals surface area contributed by atoms with E-state index in [2.05, 4.69) is 25.8 Å². The van der Waals surface area contributed by atoms with Crippen LogP contribution in [0.5, 0.6) is 0 Å². The number of benzene rings is 2. The van der Waals surface area contributed by atoms with Crippen molar-refractivity contribution in [1.29, 1.82) is 0 Å². The topological polar surface area (TPSA) is 115 Å². The summed E-state index contributed by atoms with van der Waals surface area (Å²) in [6, 6.07) is 14.9. The zero-order valence-electron chi connectivity index (χ0n) is 18.1. The van der Waals surface area contributed by atoms with E-state index in [1.165, 1.54) is 0 Å². The molecule has 33 heavy (non-hydrogen) atoms. The minimum Gasteiger partial charge on any atom is -0.466 e. The highest BCUT2D eigenvalue weighted by Crippen LogP contribution is 2.25. The molecule has 4 aromatic rings. The number of nitrogens with one attached hydrogen (secondary N) is 1. The van der Waals surface area contributed by atoms with Crippen LogP contribution in [-0.2, 0) is 9.53 Å². The lowest BCUT2D eigenvalue weighted by molar-refractivity contribution is -0.149. The number of piperidine rings is 1. The highest BCUT2D eigenvalue weighted by Gasteiger charge is 2.28. The van der Waals surface area contributed by atoms with Gasteiger partial charge in [0.15, 0.2) is 5.82 Å². The van der Waals surface area contributed by atoms with Crippen LogP contribution < -0.4 is 5.32 Å². The number of likely N-dealkylation sites (tertiary alicyclic amines) is 1. The summed E-state index contributed by atoms with van der Waals surface area (Å²) in [7, 11) is 0. The van der Waals surface area contributed by atoms with Gasteiger partial charge in [-0.25, -0.2) is 4.98 Å². The number of ether oxygens (including phenoxy) is 1. The molecular formula is C23H23N7O3. The van der Waals surface area contributed by atoms with Crippen LogP contribution in [0.4, 0.5) is 11.5 Å². The van der Waals surface area contributed by atoms with Gasteiger partial charge in [-0.3, -0.25) is 9.59 Å². The van der Waals surface area contributed by atoms with Gasteiger partial charge in [-0.05, 0) is 60.5 Å². The van der Waals surface area contributed by atoms with Crippen molar-refractivity contribution in [2.45, 2.75) is 19.8 Å². The van der Waals surface area contributed by atoms with Crippen LogP contribution in [0.15, 0.2) is 48.5 Å². The molecule has 168 valence electrons. The first-order valence-corrected chi connectivity index (χ1v) is 10.9. The van der Waals surface area contributed by atoms with Crippen LogP contribution in [0.3, 0.4) is 0 Å². The first-order valence-electron chi connectivity index (χ1n) is 10.9. The Morgan fingerprint density at radius 1 is 1.12 bits per heavy atom. The Balaban J connectivity index is 1.34. The number of amides is 1. The maximum atomic E-state index is 13.1. The van der Waals surface area contributed by atoms with Crippen LogP contribution in [-0.4, -0.2) is 61.5 Å². The maximum Gasteiger partial charge on any atom is 0.309 e. The molecule has 2 aromatic heterocycles. The van der Waals surface area contributed by atoms with Crippen molar-refractivity contribution in [2.75, 3.05) is 25.0 Å². The lowest BCUT2D eigenvalue weighted by Gasteiger charge is -2.31. The zero-order chi connectivity index (χ0) is 22.8. The predicted octanol–water partition coefficient (Wildman–Crippen LogP) is 2.83. The quantitative estimate of drug-likeness (QED) is 0.467. The minimum absolute atomic E-state index is 0.0679. The molecule has 0 unspecified atom stereocenters. The van der Waals surface area contributed by atoms with Gasteiger partial charge in [-0.1, -0.05) is 18.2 Å². The molecular weight excluding hydrogens is 422 g/mol. The molecule has 1 fully saturated rings. The van der Waals surface area contributed by atoms with E-state index in [-0.39, 0.29) is 17.8 Å². The fourth-order valence-electron chi connectivity index (χ4n) is 4.12. The first kappa shape index (κ1) is 20.8. The van der Waals surface area contributed by atoms with Gasteiger partial charge in [0.25, 0.3) is 5.91 Å². The minimum atomic E-state index is -0.173. The van der Waals surface area contributed by atoms with Gasteiger partial charge in [0.2, 0.25) is 5.65 Å². The Bertz CT molecular complexity index is 1330. The fraction of sp³-hybridized carbons (Fsp3) is 0.304. The molecule has 1 aliphatic rings. The molecule has 10 heteroatoms. The first-order chi connectivity index (χ1) is 16.1. The number of para-hydroxylation sites is 2. The van der Waals surface area contributed by atoms with Crippen molar-refractivity contribution in [3.63, 3.8) is 0 Å². The fourth-order valence-corrected chi connectivity index (χ4v) is 4.12. The molecule has 1 aliphatic heterocycles. The van der Waals surface area contributed by atoms with E-state index < -0.39 is 0 Å². The Labute approximate surface area is 189 Å². The number of hydrogen-bond donors (Lipinski definition) is 1. The van der Waals surface area contributed by atoms with Gasteiger partial charge in [-0.2, -0.15) is 4.52 Å². The number of tetrazole rings is 1. The van der Waals surface area contributed by atoms with Crippen LogP contribution in [0, 0.1) is 5.92 Å². The normalized spacial score (nSPS) is 14.5. The predicted molar refractivity (Wildman–Crippen MR) is 121 cm³/mol. The van der Waals surface area contributed by atoms with E-state index in [0.717, 1.165) is 11.0 Å². The van der Waals surface area contributed by atoms with Crippen molar-refractivity contribution in [3.8, 4) is 0 Å². The summed E-state index contributed by atoms with van der Waals surface area (Å²) in [6.45, 7) is 3.23. The molecule has 0 aliphatic carbocycles. The summed E-state index contributed by atoms with van der Waals surface area (Å²) >= 11 is 0. The molecule has 0 saturated carbocycles. The molecule has 2 aromatic carbocycles. The van der Waals surface area contributed by atoms with Gasteiger partial charge in [0.1, 0.15) is 0 Å². The van der Waals surface area contributed by atoms with Crippen LogP contribution in [0.1, 0.15) is 30.1 Å². The van der Waals surface area contributed by atoms with Gasteiger partial charge in [-0.15, -0.1) is 5.10 Å². The number of aromatic nitrogens is 5. The van der Waals surface area contributed by atoms with E-state index in [0.29, 0.717) is 55.3 Å². The summed E-state index contributed by atoms with van der Waals surface area (Å²) in [5.41, 5.74) is 3.31. The molecule has 1 saturated heterocycles. The molecule has 10 nitrogen and oxygen atoms in total. The second-order valence-corrected chi connectivity index (χ2v) is 7.89. The summed E-state index contributed by atoms with van der Waals surface area (Å²) in [5.74, 6) is 0.119. The van der Waals surface area contributed by atoms with Crippen molar-refractivity contribution >= 4 is 40.1 Å². The Kier molecular flexibility index (Phi) is 5.55.